The van der Waals surface area contributed by atoms with Crippen molar-refractivity contribution in [2.75, 3.05) is 6.61 Å². The molecule has 1 rings (SSSR count). The van der Waals surface area contributed by atoms with Gasteiger partial charge >= 0.3 is 0 Å². The van der Waals surface area contributed by atoms with Crippen LogP contribution in [0.15, 0.2) is 12.2 Å². The third-order valence-corrected chi connectivity index (χ3v) is 9.80. The third-order valence-electron chi connectivity index (χ3n) is 5.32. The van der Waals surface area contributed by atoms with Gasteiger partial charge in [-0.1, -0.05) is 39.8 Å². The summed E-state index contributed by atoms with van der Waals surface area (Å²) in [4.78, 5) is 0. The van der Waals surface area contributed by atoms with Gasteiger partial charge in [0.2, 0.25) is 0 Å². The highest BCUT2D eigenvalue weighted by molar-refractivity contribution is 6.74. The lowest BCUT2D eigenvalue weighted by molar-refractivity contribution is 0.00865. The smallest absolute Gasteiger partial charge is 0.192 e. The third kappa shape index (κ3) is 3.50. The molecule has 0 heterocycles. The van der Waals surface area contributed by atoms with Crippen molar-refractivity contribution < 1.29 is 9.53 Å². The molecule has 0 aromatic rings. The highest BCUT2D eigenvalue weighted by Gasteiger charge is 2.47. The topological polar surface area (TPSA) is 29.5 Å². The Kier molecular flexibility index (Phi) is 4.76. The van der Waals surface area contributed by atoms with Crippen LogP contribution < -0.4 is 0 Å². The van der Waals surface area contributed by atoms with E-state index in [1.165, 1.54) is 0 Å². The molecule has 0 amide bonds. The number of aliphatic hydroxyl groups excluding tert-OH is 1. The van der Waals surface area contributed by atoms with Crippen LogP contribution in [-0.2, 0) is 4.43 Å². The Morgan fingerprint density at radius 3 is 2.32 bits per heavy atom. The van der Waals surface area contributed by atoms with E-state index in [1.54, 1.807) is 0 Å². The first kappa shape index (κ1) is 16.9. The van der Waals surface area contributed by atoms with Crippen LogP contribution >= 0.6 is 0 Å². The fraction of sp³-hybridized carbons (Fsp3) is 0.875. The predicted octanol–water partition coefficient (Wildman–Crippen LogP) is 4.36. The molecule has 0 saturated heterocycles. The highest BCUT2D eigenvalue weighted by Crippen LogP contribution is 2.46. The van der Waals surface area contributed by atoms with Crippen molar-refractivity contribution in [3.63, 3.8) is 0 Å². The first-order chi connectivity index (χ1) is 8.41. The number of hydrogen-bond donors (Lipinski definition) is 1. The fourth-order valence-electron chi connectivity index (χ4n) is 2.51. The van der Waals surface area contributed by atoms with Gasteiger partial charge in [0.05, 0.1) is 6.10 Å². The van der Waals surface area contributed by atoms with Crippen molar-refractivity contribution in [1.29, 1.82) is 0 Å². The highest BCUT2D eigenvalue weighted by atomic mass is 28.4. The summed E-state index contributed by atoms with van der Waals surface area (Å²) in [5.74, 6) is 0.244. The van der Waals surface area contributed by atoms with E-state index in [2.05, 4.69) is 47.4 Å². The molecule has 0 bridgehead atoms. The molecule has 0 unspecified atom stereocenters. The lowest BCUT2D eigenvalue weighted by Gasteiger charge is -2.40. The molecule has 112 valence electrons. The van der Waals surface area contributed by atoms with Crippen molar-refractivity contribution in [3.8, 4) is 0 Å². The zero-order valence-electron chi connectivity index (χ0n) is 13.8. The van der Waals surface area contributed by atoms with Gasteiger partial charge in [-0.25, -0.2) is 0 Å². The average Bonchev–Trinajstić information content (AvgIpc) is 2.52. The Morgan fingerprint density at radius 2 is 1.95 bits per heavy atom. The Bertz CT molecular complexity index is 343. The van der Waals surface area contributed by atoms with Gasteiger partial charge in [-0.2, -0.15) is 0 Å². The summed E-state index contributed by atoms with van der Waals surface area (Å²) in [5.41, 5.74) is 0.989. The Balaban J connectivity index is 2.70. The first-order valence-electron chi connectivity index (χ1n) is 7.38. The van der Waals surface area contributed by atoms with Crippen LogP contribution in [-0.4, -0.2) is 26.1 Å². The van der Waals surface area contributed by atoms with Crippen molar-refractivity contribution in [1.82, 2.24) is 0 Å². The second-order valence-corrected chi connectivity index (χ2v) is 12.9. The molecule has 1 aliphatic rings. The van der Waals surface area contributed by atoms with Crippen molar-refractivity contribution in [3.05, 3.63) is 12.2 Å². The van der Waals surface area contributed by atoms with E-state index < -0.39 is 8.32 Å². The van der Waals surface area contributed by atoms with Gasteiger partial charge in [-0.3, -0.25) is 0 Å². The predicted molar refractivity (Wildman–Crippen MR) is 84.8 cm³/mol. The molecule has 19 heavy (non-hydrogen) atoms. The summed E-state index contributed by atoms with van der Waals surface area (Å²) < 4.78 is 6.33. The van der Waals surface area contributed by atoms with Gasteiger partial charge in [0, 0.05) is 17.9 Å². The molecule has 3 heteroatoms. The van der Waals surface area contributed by atoms with Gasteiger partial charge in [-0.15, -0.1) is 0 Å². The molecule has 2 nitrogen and oxygen atoms in total. The molecule has 0 radical (unpaired) electrons. The normalized spacial score (nSPS) is 32.6. The van der Waals surface area contributed by atoms with E-state index in [9.17, 15) is 5.11 Å². The summed E-state index contributed by atoms with van der Waals surface area (Å²) in [6.07, 6.45) is 1.75. The molecule has 0 aliphatic heterocycles. The second-order valence-electron chi connectivity index (χ2n) is 8.14. The molecule has 0 aromatic heterocycles. The minimum absolute atomic E-state index is 0.112. The van der Waals surface area contributed by atoms with Gasteiger partial charge in [0.15, 0.2) is 8.32 Å². The van der Waals surface area contributed by atoms with E-state index >= 15 is 0 Å². The summed E-state index contributed by atoms with van der Waals surface area (Å²) in [5, 5.41) is 10.8. The maximum Gasteiger partial charge on any atom is 0.192 e. The SMILES string of the molecule is C=C(C)[C@H]1CC[C@@](C)(CO[Si](C)(C)C(C)(C)C)[C@@H]1O. The van der Waals surface area contributed by atoms with Gasteiger partial charge < -0.3 is 9.53 Å². The molecule has 1 saturated carbocycles. The van der Waals surface area contributed by atoms with E-state index in [-0.39, 0.29) is 22.5 Å². The summed E-state index contributed by atoms with van der Waals surface area (Å²) in [7, 11) is -1.73. The van der Waals surface area contributed by atoms with Gasteiger partial charge in [-0.05, 0) is 37.9 Å². The van der Waals surface area contributed by atoms with E-state index in [4.69, 9.17) is 4.43 Å². The summed E-state index contributed by atoms with van der Waals surface area (Å²) in [6, 6.07) is 0. The van der Waals surface area contributed by atoms with Crippen LogP contribution in [0.5, 0.6) is 0 Å². The Hall–Kier alpha value is -0.123. The second kappa shape index (κ2) is 5.34. The zero-order valence-corrected chi connectivity index (χ0v) is 14.8. The molecular formula is C16H32O2Si. The fourth-order valence-corrected chi connectivity index (χ4v) is 3.64. The van der Waals surface area contributed by atoms with Crippen molar-refractivity contribution in [2.24, 2.45) is 11.3 Å². The Morgan fingerprint density at radius 1 is 1.42 bits per heavy atom. The first-order valence-corrected chi connectivity index (χ1v) is 10.3. The average molecular weight is 285 g/mol. The maximum absolute atomic E-state index is 10.6. The number of rotatable bonds is 4. The lowest BCUT2D eigenvalue weighted by atomic mass is 9.84. The van der Waals surface area contributed by atoms with Crippen molar-refractivity contribution >= 4 is 8.32 Å². The minimum Gasteiger partial charge on any atom is -0.416 e. The largest absolute Gasteiger partial charge is 0.416 e. The van der Waals surface area contributed by atoms with Gasteiger partial charge in [0.1, 0.15) is 0 Å². The van der Waals surface area contributed by atoms with Crippen LogP contribution in [0.2, 0.25) is 18.1 Å². The number of aliphatic hydroxyl groups is 1. The Labute approximate surface area is 120 Å². The van der Waals surface area contributed by atoms with Gasteiger partial charge in [0.25, 0.3) is 0 Å². The maximum atomic E-state index is 10.6. The van der Waals surface area contributed by atoms with E-state index in [0.29, 0.717) is 6.61 Å². The molecule has 1 aliphatic carbocycles. The molecule has 0 aromatic carbocycles. The van der Waals surface area contributed by atoms with Crippen LogP contribution in [0.4, 0.5) is 0 Å². The monoisotopic (exact) mass is 284 g/mol. The van der Waals surface area contributed by atoms with Crippen LogP contribution in [0.1, 0.15) is 47.5 Å². The summed E-state index contributed by atoms with van der Waals surface area (Å²) in [6.45, 7) is 20.2. The molecule has 3 atom stereocenters. The zero-order chi connectivity index (χ0) is 15.1. The number of hydrogen-bond acceptors (Lipinski definition) is 2. The van der Waals surface area contributed by atoms with E-state index in [0.717, 1.165) is 18.4 Å². The molecular weight excluding hydrogens is 252 g/mol. The quantitative estimate of drug-likeness (QED) is 0.614. The van der Waals surface area contributed by atoms with Crippen LogP contribution in [0.25, 0.3) is 0 Å². The standard InChI is InChI=1S/C16H32O2Si/c1-12(2)13-9-10-16(6,14(13)17)11-18-19(7,8)15(3,4)5/h13-14,17H,1,9-11H2,2-8H3/t13-,14-,16+/m1/s1. The van der Waals surface area contributed by atoms with Crippen molar-refractivity contribution in [2.45, 2.75) is 71.7 Å². The van der Waals surface area contributed by atoms with Crippen LogP contribution in [0, 0.1) is 11.3 Å². The molecule has 0 spiro atoms. The minimum atomic E-state index is -1.73. The lowest BCUT2D eigenvalue weighted by Crippen LogP contribution is -2.45. The van der Waals surface area contributed by atoms with Crippen LogP contribution in [0.3, 0.4) is 0 Å². The summed E-state index contributed by atoms with van der Waals surface area (Å²) >= 11 is 0. The molecule has 1 fully saturated rings. The molecule has 1 N–H and O–H groups in total. The van der Waals surface area contributed by atoms with E-state index in [1.807, 2.05) is 6.92 Å².